The fourth-order valence-electron chi connectivity index (χ4n) is 5.57. The van der Waals surface area contributed by atoms with Crippen LogP contribution in [0.3, 0.4) is 0 Å². The van der Waals surface area contributed by atoms with Crippen LogP contribution in [0.15, 0.2) is 24.3 Å². The van der Waals surface area contributed by atoms with Crippen LogP contribution in [0.1, 0.15) is 187 Å². The summed E-state index contributed by atoms with van der Waals surface area (Å²) in [6.45, 7) is 2.34. The van der Waals surface area contributed by atoms with E-state index in [2.05, 4.69) is 42.7 Å². The average molecular weight is 761 g/mol. The van der Waals surface area contributed by atoms with Crippen LogP contribution >= 0.6 is 7.82 Å². The van der Waals surface area contributed by atoms with E-state index in [0.717, 1.165) is 64.2 Å². The van der Waals surface area contributed by atoms with E-state index in [0.29, 0.717) is 12.8 Å². The van der Waals surface area contributed by atoms with Crippen molar-refractivity contribution in [1.82, 2.24) is 0 Å². The van der Waals surface area contributed by atoms with Gasteiger partial charge in [0.1, 0.15) is 12.7 Å². The highest BCUT2D eigenvalue weighted by Crippen LogP contribution is 2.43. The van der Waals surface area contributed by atoms with Gasteiger partial charge in [-0.3, -0.25) is 18.6 Å². The highest BCUT2D eigenvalue weighted by Gasteiger charge is 2.27. The fraction of sp³-hybridized carbons (Fsp3) is 0.854. The lowest BCUT2D eigenvalue weighted by Gasteiger charge is -2.20. The Hall–Kier alpha value is -1.55. The zero-order valence-corrected chi connectivity index (χ0v) is 33.9. The SMILES string of the molecule is CCCCC/C=C\CCCCCCCC(=O)OC[C@H](COP(=O)(O)OC[C@@H](O)CO)OC(=O)CCCCCCCCC/C=C\CCCCCCCC. The maximum Gasteiger partial charge on any atom is 0.472 e. The summed E-state index contributed by atoms with van der Waals surface area (Å²) >= 11 is 0. The van der Waals surface area contributed by atoms with E-state index >= 15 is 0 Å². The van der Waals surface area contributed by atoms with Gasteiger partial charge in [-0.2, -0.15) is 0 Å². The van der Waals surface area contributed by atoms with Crippen molar-refractivity contribution in [2.75, 3.05) is 26.4 Å². The number of phosphoric ester groups is 1. The van der Waals surface area contributed by atoms with Crippen molar-refractivity contribution < 1.29 is 47.8 Å². The summed E-state index contributed by atoms with van der Waals surface area (Å²) in [5, 5.41) is 18.3. The summed E-state index contributed by atoms with van der Waals surface area (Å²) in [7, 11) is -4.61. The number of carbonyl (C=O) groups is 2. The first-order valence-corrected chi connectivity index (χ1v) is 22.3. The Morgan fingerprint density at radius 2 is 0.942 bits per heavy atom. The molecule has 0 bridgehead atoms. The lowest BCUT2D eigenvalue weighted by Crippen LogP contribution is -2.29. The number of ether oxygens (including phenoxy) is 2. The first-order valence-electron chi connectivity index (χ1n) is 20.8. The summed E-state index contributed by atoms with van der Waals surface area (Å²) in [5.74, 6) is -0.938. The summed E-state index contributed by atoms with van der Waals surface area (Å²) < 4.78 is 32.6. The van der Waals surface area contributed by atoms with Gasteiger partial charge in [-0.15, -0.1) is 0 Å². The maximum atomic E-state index is 12.6. The van der Waals surface area contributed by atoms with Crippen LogP contribution in [0.2, 0.25) is 0 Å². The van der Waals surface area contributed by atoms with Crippen molar-refractivity contribution in [2.45, 2.75) is 199 Å². The molecule has 0 saturated heterocycles. The van der Waals surface area contributed by atoms with Crippen LogP contribution in [0.5, 0.6) is 0 Å². The molecule has 3 N–H and O–H groups in total. The summed E-state index contributed by atoms with van der Waals surface area (Å²) in [4.78, 5) is 34.9. The molecule has 0 spiro atoms. The number of allylic oxidation sites excluding steroid dienone is 4. The molecule has 0 aliphatic rings. The van der Waals surface area contributed by atoms with E-state index in [1.165, 1.54) is 83.5 Å². The molecule has 0 aliphatic carbocycles. The molecular formula is C41H77O10P. The van der Waals surface area contributed by atoms with Gasteiger partial charge >= 0.3 is 19.8 Å². The van der Waals surface area contributed by atoms with Crippen LogP contribution in [-0.4, -0.2) is 65.7 Å². The zero-order chi connectivity index (χ0) is 38.4. The van der Waals surface area contributed by atoms with Crippen molar-refractivity contribution in [3.63, 3.8) is 0 Å². The van der Waals surface area contributed by atoms with Gasteiger partial charge in [-0.1, -0.05) is 134 Å². The smallest absolute Gasteiger partial charge is 0.462 e. The van der Waals surface area contributed by atoms with E-state index < -0.39 is 51.8 Å². The minimum absolute atomic E-state index is 0.179. The van der Waals surface area contributed by atoms with E-state index in [1.807, 2.05) is 0 Å². The number of hydrogen-bond donors (Lipinski definition) is 3. The van der Waals surface area contributed by atoms with Crippen LogP contribution < -0.4 is 0 Å². The largest absolute Gasteiger partial charge is 0.472 e. The monoisotopic (exact) mass is 761 g/mol. The minimum atomic E-state index is -4.61. The number of rotatable bonds is 39. The average Bonchev–Trinajstić information content (AvgIpc) is 3.13. The molecule has 0 aromatic carbocycles. The second-order valence-corrected chi connectivity index (χ2v) is 15.5. The van der Waals surface area contributed by atoms with Crippen molar-refractivity contribution in [1.29, 1.82) is 0 Å². The van der Waals surface area contributed by atoms with Crippen molar-refractivity contribution in [3.05, 3.63) is 24.3 Å². The number of hydrogen-bond acceptors (Lipinski definition) is 9. The molecule has 0 aromatic heterocycles. The highest BCUT2D eigenvalue weighted by atomic mass is 31.2. The third-order valence-corrected chi connectivity index (χ3v) is 9.78. The molecule has 1 unspecified atom stereocenters. The zero-order valence-electron chi connectivity index (χ0n) is 33.0. The molecule has 0 amide bonds. The number of esters is 2. The summed E-state index contributed by atoms with van der Waals surface area (Å²) in [6, 6.07) is 0. The number of aliphatic hydroxyl groups excluding tert-OH is 2. The van der Waals surface area contributed by atoms with Crippen LogP contribution in [0.4, 0.5) is 0 Å². The van der Waals surface area contributed by atoms with Gasteiger partial charge in [-0.05, 0) is 64.2 Å². The van der Waals surface area contributed by atoms with E-state index in [-0.39, 0.29) is 19.4 Å². The molecule has 0 fully saturated rings. The normalized spacial score (nSPS) is 14.2. The molecule has 0 saturated carbocycles. The predicted molar refractivity (Wildman–Crippen MR) is 210 cm³/mol. The van der Waals surface area contributed by atoms with Crippen LogP contribution in [0, 0.1) is 0 Å². The first-order chi connectivity index (χ1) is 25.2. The molecule has 3 atom stereocenters. The van der Waals surface area contributed by atoms with Crippen molar-refractivity contribution >= 4 is 19.8 Å². The molecule has 0 rings (SSSR count). The van der Waals surface area contributed by atoms with Crippen LogP contribution in [0.25, 0.3) is 0 Å². The molecule has 0 heterocycles. The molecule has 0 aromatic rings. The predicted octanol–water partition coefficient (Wildman–Crippen LogP) is 10.6. The number of carbonyl (C=O) groups excluding carboxylic acids is 2. The lowest BCUT2D eigenvalue weighted by molar-refractivity contribution is -0.161. The third kappa shape index (κ3) is 36.8. The highest BCUT2D eigenvalue weighted by molar-refractivity contribution is 7.47. The van der Waals surface area contributed by atoms with E-state index in [9.17, 15) is 24.2 Å². The second kappa shape index (κ2) is 37.8. The van der Waals surface area contributed by atoms with Gasteiger partial charge in [0.2, 0.25) is 0 Å². The van der Waals surface area contributed by atoms with E-state index in [1.54, 1.807) is 0 Å². The summed E-state index contributed by atoms with van der Waals surface area (Å²) in [5.41, 5.74) is 0. The Bertz CT molecular complexity index is 925. The molecular weight excluding hydrogens is 683 g/mol. The summed E-state index contributed by atoms with van der Waals surface area (Å²) in [6.07, 6.45) is 35.7. The van der Waals surface area contributed by atoms with Crippen molar-refractivity contribution in [3.8, 4) is 0 Å². The molecule has 306 valence electrons. The van der Waals surface area contributed by atoms with Crippen molar-refractivity contribution in [2.24, 2.45) is 0 Å². The standard InChI is InChI=1S/C41H77O10P/c1-3-5-7-9-11-13-15-17-18-19-20-21-23-25-27-29-31-33-41(45)51-39(37-50-52(46,47)49-35-38(43)34-42)36-48-40(44)32-30-28-26-24-22-16-14-12-10-8-6-4-2/h12,14,17-18,38-39,42-43H,3-11,13,15-16,19-37H2,1-2H3,(H,46,47)/b14-12-,18-17-/t38-,39+/m0/s1. The second-order valence-electron chi connectivity index (χ2n) is 14.0. The van der Waals surface area contributed by atoms with Gasteiger partial charge in [0.25, 0.3) is 0 Å². The molecule has 52 heavy (non-hydrogen) atoms. The number of aliphatic hydroxyl groups is 2. The van der Waals surface area contributed by atoms with Gasteiger partial charge in [0, 0.05) is 12.8 Å². The van der Waals surface area contributed by atoms with Gasteiger partial charge < -0.3 is 24.6 Å². The quantitative estimate of drug-likeness (QED) is 0.0239. The Labute approximate surface area is 317 Å². The van der Waals surface area contributed by atoms with Gasteiger partial charge in [0.05, 0.1) is 19.8 Å². The Kier molecular flexibility index (Phi) is 36.6. The fourth-order valence-corrected chi connectivity index (χ4v) is 6.36. The Balaban J connectivity index is 4.31. The molecule has 0 aliphatic heterocycles. The number of unbranched alkanes of at least 4 members (excludes halogenated alkanes) is 21. The maximum absolute atomic E-state index is 12.6. The third-order valence-electron chi connectivity index (χ3n) is 8.83. The first kappa shape index (κ1) is 50.5. The molecule has 10 nitrogen and oxygen atoms in total. The molecule has 11 heteroatoms. The Morgan fingerprint density at radius 3 is 1.42 bits per heavy atom. The van der Waals surface area contributed by atoms with E-state index in [4.69, 9.17) is 19.1 Å². The van der Waals surface area contributed by atoms with Gasteiger partial charge in [0.15, 0.2) is 6.10 Å². The van der Waals surface area contributed by atoms with Gasteiger partial charge in [-0.25, -0.2) is 4.57 Å². The topological polar surface area (TPSA) is 149 Å². The number of phosphoric acid groups is 1. The molecule has 0 radical (unpaired) electrons. The Morgan fingerprint density at radius 1 is 0.558 bits per heavy atom. The minimum Gasteiger partial charge on any atom is -0.462 e. The lowest BCUT2D eigenvalue weighted by atomic mass is 10.1. The van der Waals surface area contributed by atoms with Crippen LogP contribution in [-0.2, 0) is 32.7 Å².